The molecule has 1 rings (SSSR count). The van der Waals surface area contributed by atoms with Crippen LogP contribution < -0.4 is 0 Å². The molecule has 0 amide bonds. The van der Waals surface area contributed by atoms with Crippen molar-refractivity contribution in [1.82, 2.24) is 9.78 Å². The van der Waals surface area contributed by atoms with Gasteiger partial charge in [-0.2, -0.15) is 20.0 Å². The Bertz CT molecular complexity index is 126. The number of aromatic nitrogens is 2. The summed E-state index contributed by atoms with van der Waals surface area (Å²) in [5.41, 5.74) is 0. The van der Waals surface area contributed by atoms with Crippen molar-refractivity contribution < 1.29 is 32.7 Å². The molecule has 0 saturated heterocycles. The second-order valence-corrected chi connectivity index (χ2v) is 1.69. The van der Waals surface area contributed by atoms with Gasteiger partial charge < -0.3 is 17.2 Å². The van der Waals surface area contributed by atoms with E-state index in [1.54, 1.807) is 17.1 Å². The molecule has 0 bridgehead atoms. The standard InChI is InChI=1S/C4H5N2.C3H7.Y/c1-6-4-2-3-5-6;1-3-2;/h3-4H,1H3;3H,1-2H3;/q2*-1;+3. The van der Waals surface area contributed by atoms with Crippen molar-refractivity contribution >= 4 is 0 Å². The van der Waals surface area contributed by atoms with Crippen LogP contribution in [0.1, 0.15) is 13.8 Å². The molecule has 0 aliphatic heterocycles. The van der Waals surface area contributed by atoms with E-state index in [2.05, 4.69) is 11.2 Å². The summed E-state index contributed by atoms with van der Waals surface area (Å²) in [5.74, 6) is 0. The molecule has 1 heterocycles. The second kappa shape index (κ2) is 9.31. The summed E-state index contributed by atoms with van der Waals surface area (Å²) >= 11 is 0. The van der Waals surface area contributed by atoms with Crippen LogP contribution in [0.15, 0.2) is 12.4 Å². The summed E-state index contributed by atoms with van der Waals surface area (Å²) in [7, 11) is 1.86. The van der Waals surface area contributed by atoms with Crippen LogP contribution in [0.3, 0.4) is 0 Å². The molecule has 0 aliphatic carbocycles. The predicted molar refractivity (Wildman–Crippen MR) is 37.7 cm³/mol. The van der Waals surface area contributed by atoms with Crippen LogP contribution in [0.25, 0.3) is 0 Å². The van der Waals surface area contributed by atoms with Gasteiger partial charge in [0.15, 0.2) is 0 Å². The fourth-order valence-corrected chi connectivity index (χ4v) is 0.299. The van der Waals surface area contributed by atoms with Gasteiger partial charge in [0, 0.05) is 7.05 Å². The van der Waals surface area contributed by atoms with Crippen LogP contribution in [0, 0.1) is 12.5 Å². The Balaban J connectivity index is 0. The molecule has 52 valence electrons. The zero-order chi connectivity index (χ0) is 7.11. The van der Waals surface area contributed by atoms with E-state index in [1.807, 2.05) is 27.3 Å². The first-order chi connectivity index (χ1) is 4.31. The fraction of sp³-hybridized carbons (Fsp3) is 0.429. The maximum Gasteiger partial charge on any atom is 3.00 e. The first-order valence-electron chi connectivity index (χ1n) is 2.90. The molecule has 0 aliphatic rings. The minimum Gasteiger partial charge on any atom is -0.432 e. The Morgan fingerprint density at radius 3 is 2.10 bits per heavy atom. The van der Waals surface area contributed by atoms with Gasteiger partial charge in [0.1, 0.15) is 0 Å². The molecule has 0 N–H and O–H groups in total. The van der Waals surface area contributed by atoms with Gasteiger partial charge in [-0.1, -0.05) is 0 Å². The average molecular weight is 213 g/mol. The molecule has 0 radical (unpaired) electrons. The van der Waals surface area contributed by atoms with Crippen molar-refractivity contribution in [2.75, 3.05) is 0 Å². The van der Waals surface area contributed by atoms with E-state index in [0.717, 1.165) is 0 Å². The summed E-state index contributed by atoms with van der Waals surface area (Å²) in [6.45, 7) is 4.00. The second-order valence-electron chi connectivity index (χ2n) is 1.69. The van der Waals surface area contributed by atoms with Crippen LogP contribution in [-0.4, -0.2) is 9.78 Å². The fourth-order valence-electron chi connectivity index (χ4n) is 0.299. The molecule has 3 heteroatoms. The van der Waals surface area contributed by atoms with Crippen LogP contribution in [0.4, 0.5) is 0 Å². The van der Waals surface area contributed by atoms with Crippen molar-refractivity contribution in [3.63, 3.8) is 0 Å². The van der Waals surface area contributed by atoms with Crippen molar-refractivity contribution in [3.8, 4) is 0 Å². The zero-order valence-corrected chi connectivity index (χ0v) is 9.54. The van der Waals surface area contributed by atoms with E-state index in [-0.39, 0.29) is 32.7 Å². The van der Waals surface area contributed by atoms with Crippen molar-refractivity contribution in [2.45, 2.75) is 13.8 Å². The summed E-state index contributed by atoms with van der Waals surface area (Å²) in [6, 6.07) is 2.78. The number of hydrogen-bond acceptors (Lipinski definition) is 1. The Labute approximate surface area is 87.9 Å². The van der Waals surface area contributed by atoms with Crippen LogP contribution in [-0.2, 0) is 39.8 Å². The summed E-state index contributed by atoms with van der Waals surface area (Å²) in [5, 5.41) is 3.78. The molecule has 0 aromatic carbocycles. The van der Waals surface area contributed by atoms with Crippen molar-refractivity contribution in [1.29, 1.82) is 0 Å². The van der Waals surface area contributed by atoms with Gasteiger partial charge in [-0.15, -0.1) is 6.20 Å². The normalized spacial score (nSPS) is 7.10. The quantitative estimate of drug-likeness (QED) is 0.596. The van der Waals surface area contributed by atoms with Crippen LogP contribution >= 0.6 is 0 Å². The molecule has 0 saturated carbocycles. The van der Waals surface area contributed by atoms with E-state index in [1.165, 1.54) is 0 Å². The smallest absolute Gasteiger partial charge is 0.432 e. The molecule has 0 fully saturated rings. The van der Waals surface area contributed by atoms with Crippen molar-refractivity contribution in [3.05, 3.63) is 24.9 Å². The Morgan fingerprint density at radius 1 is 1.50 bits per heavy atom. The van der Waals surface area contributed by atoms with E-state index in [0.29, 0.717) is 0 Å². The first kappa shape index (κ1) is 12.9. The van der Waals surface area contributed by atoms with Crippen LogP contribution in [0.2, 0.25) is 0 Å². The molecule has 2 nitrogen and oxygen atoms in total. The molecule has 10 heavy (non-hydrogen) atoms. The number of aryl methyl sites for hydroxylation is 1. The van der Waals surface area contributed by atoms with Gasteiger partial charge in [-0.25, -0.2) is 5.10 Å². The molecular formula is C7H12N2Y+. The third kappa shape index (κ3) is 8.31. The summed E-state index contributed by atoms with van der Waals surface area (Å²) in [6.07, 6.45) is 5.39. The van der Waals surface area contributed by atoms with E-state index >= 15 is 0 Å². The third-order valence-corrected chi connectivity index (χ3v) is 0.576. The third-order valence-electron chi connectivity index (χ3n) is 0.576. The molecule has 0 unspecified atom stereocenters. The van der Waals surface area contributed by atoms with Crippen molar-refractivity contribution in [2.24, 2.45) is 7.05 Å². The Kier molecular flexibility index (Phi) is 12.1. The maximum absolute atomic E-state index is 3.78. The topological polar surface area (TPSA) is 17.8 Å². The van der Waals surface area contributed by atoms with E-state index in [4.69, 9.17) is 0 Å². The average Bonchev–Trinajstić information content (AvgIpc) is 2.20. The van der Waals surface area contributed by atoms with Gasteiger partial charge >= 0.3 is 32.7 Å². The predicted octanol–water partition coefficient (Wildman–Crippen LogP) is 1.45. The SMILES string of the molecule is C[CH-]C.Cn1c[c-]cn1.[Y+3]. The number of rotatable bonds is 0. The molecule has 0 spiro atoms. The summed E-state index contributed by atoms with van der Waals surface area (Å²) in [4.78, 5) is 0. The van der Waals surface area contributed by atoms with Gasteiger partial charge in [0.25, 0.3) is 0 Å². The van der Waals surface area contributed by atoms with Crippen LogP contribution in [0.5, 0.6) is 0 Å². The minimum atomic E-state index is 0. The zero-order valence-electron chi connectivity index (χ0n) is 6.70. The van der Waals surface area contributed by atoms with Gasteiger partial charge in [-0.3, -0.25) is 0 Å². The first-order valence-corrected chi connectivity index (χ1v) is 2.90. The van der Waals surface area contributed by atoms with E-state index < -0.39 is 0 Å². The molecular weight excluding hydrogens is 201 g/mol. The van der Waals surface area contributed by atoms with Gasteiger partial charge in [0.2, 0.25) is 0 Å². The minimum absolute atomic E-state index is 0. The Morgan fingerprint density at radius 2 is 2.00 bits per heavy atom. The summed E-state index contributed by atoms with van der Waals surface area (Å²) < 4.78 is 1.69. The largest absolute Gasteiger partial charge is 3.00 e. The monoisotopic (exact) mass is 213 g/mol. The molecule has 1 aromatic rings. The van der Waals surface area contributed by atoms with Gasteiger partial charge in [0.05, 0.1) is 0 Å². The number of hydrogen-bond donors (Lipinski definition) is 0. The molecule has 1 aromatic heterocycles. The van der Waals surface area contributed by atoms with Gasteiger partial charge in [-0.05, 0) is 0 Å². The molecule has 0 atom stereocenters. The maximum atomic E-state index is 3.78. The van der Waals surface area contributed by atoms with E-state index in [9.17, 15) is 0 Å². The Hall–Kier alpha value is 0.314. The number of nitrogens with zero attached hydrogens (tertiary/aromatic N) is 2.